The molecule has 5 heteroatoms. The number of nitrogens with two attached hydrogens (primary N) is 1. The third-order valence-electron chi connectivity index (χ3n) is 2.42. The van der Waals surface area contributed by atoms with Crippen molar-refractivity contribution in [1.29, 1.82) is 0 Å². The molecule has 1 aromatic rings. The maximum atomic E-state index is 10.7. The van der Waals surface area contributed by atoms with Crippen molar-refractivity contribution in [3.8, 4) is 0 Å². The molecule has 0 unspecified atom stereocenters. The minimum atomic E-state index is -0.784. The first-order valence-corrected chi connectivity index (χ1v) is 5.28. The molecule has 3 N–H and O–H groups in total. The number of hydrogen-bond donors (Lipinski definition) is 2. The van der Waals surface area contributed by atoms with E-state index in [0.717, 1.165) is 12.8 Å². The van der Waals surface area contributed by atoms with Gasteiger partial charge in [0.05, 0.1) is 16.6 Å². The Morgan fingerprint density at radius 1 is 1.38 bits per heavy atom. The Balaban J connectivity index is 2.74. The first-order valence-electron chi connectivity index (χ1n) is 5.28. The average Bonchev–Trinajstić information content (AvgIpc) is 2.29. The van der Waals surface area contributed by atoms with Gasteiger partial charge in [0.15, 0.2) is 0 Å². The van der Waals surface area contributed by atoms with E-state index < -0.39 is 11.0 Å². The van der Waals surface area contributed by atoms with Gasteiger partial charge >= 0.3 is 0 Å². The largest absolute Gasteiger partial charge is 0.388 e. The molecule has 0 saturated carbocycles. The Hall–Kier alpha value is -1.46. The number of unbranched alkanes of at least 4 members (excludes halogenated alkanes) is 1. The molecule has 1 aromatic carbocycles. The summed E-state index contributed by atoms with van der Waals surface area (Å²) in [5.41, 5.74) is 5.70. The van der Waals surface area contributed by atoms with E-state index >= 15 is 0 Å². The Morgan fingerprint density at radius 2 is 2.06 bits per heavy atom. The van der Waals surface area contributed by atoms with E-state index in [1.807, 2.05) is 0 Å². The zero-order valence-corrected chi connectivity index (χ0v) is 9.00. The van der Waals surface area contributed by atoms with Crippen molar-refractivity contribution in [2.75, 3.05) is 6.54 Å². The molecule has 0 aliphatic carbocycles. The topological polar surface area (TPSA) is 89.4 Å². The van der Waals surface area contributed by atoms with Crippen LogP contribution in [0.15, 0.2) is 24.3 Å². The number of hydrogen-bond acceptors (Lipinski definition) is 4. The molecule has 0 amide bonds. The summed E-state index contributed by atoms with van der Waals surface area (Å²) >= 11 is 0. The fraction of sp³-hybridized carbons (Fsp3) is 0.455. The minimum Gasteiger partial charge on any atom is -0.388 e. The van der Waals surface area contributed by atoms with E-state index in [2.05, 4.69) is 0 Å². The smallest absolute Gasteiger partial charge is 0.275 e. The van der Waals surface area contributed by atoms with Crippen LogP contribution in [0.3, 0.4) is 0 Å². The van der Waals surface area contributed by atoms with E-state index in [-0.39, 0.29) is 5.69 Å². The van der Waals surface area contributed by atoms with E-state index in [1.54, 1.807) is 18.2 Å². The first-order chi connectivity index (χ1) is 7.66. The molecule has 16 heavy (non-hydrogen) atoms. The summed E-state index contributed by atoms with van der Waals surface area (Å²) in [7, 11) is 0. The fourth-order valence-corrected chi connectivity index (χ4v) is 1.57. The monoisotopic (exact) mass is 224 g/mol. The van der Waals surface area contributed by atoms with Crippen LogP contribution >= 0.6 is 0 Å². The Labute approximate surface area is 94.0 Å². The van der Waals surface area contributed by atoms with Crippen molar-refractivity contribution in [2.24, 2.45) is 5.73 Å². The molecule has 0 saturated heterocycles. The van der Waals surface area contributed by atoms with Crippen molar-refractivity contribution in [3.05, 3.63) is 39.9 Å². The highest BCUT2D eigenvalue weighted by atomic mass is 16.6. The molecule has 0 fully saturated rings. The van der Waals surface area contributed by atoms with Gasteiger partial charge in [-0.2, -0.15) is 0 Å². The van der Waals surface area contributed by atoms with Crippen LogP contribution in [0.1, 0.15) is 30.9 Å². The zero-order valence-electron chi connectivity index (χ0n) is 9.00. The second-order valence-corrected chi connectivity index (χ2v) is 3.62. The van der Waals surface area contributed by atoms with Crippen molar-refractivity contribution in [1.82, 2.24) is 0 Å². The molecular weight excluding hydrogens is 208 g/mol. The first kappa shape index (κ1) is 12.6. The molecule has 5 nitrogen and oxygen atoms in total. The molecule has 0 aliphatic rings. The lowest BCUT2D eigenvalue weighted by atomic mass is 10.0. The molecule has 1 atom stereocenters. The molecule has 0 aliphatic heterocycles. The van der Waals surface area contributed by atoms with E-state index in [0.29, 0.717) is 18.5 Å². The fourth-order valence-electron chi connectivity index (χ4n) is 1.57. The van der Waals surface area contributed by atoms with Crippen LogP contribution in [0.4, 0.5) is 5.69 Å². The highest BCUT2D eigenvalue weighted by Crippen LogP contribution is 2.27. The van der Waals surface area contributed by atoms with Gasteiger partial charge in [-0.05, 0) is 31.9 Å². The van der Waals surface area contributed by atoms with Crippen LogP contribution in [0.2, 0.25) is 0 Å². The van der Waals surface area contributed by atoms with Crippen LogP contribution in [0.25, 0.3) is 0 Å². The minimum absolute atomic E-state index is 0.0252. The van der Waals surface area contributed by atoms with Crippen LogP contribution in [-0.2, 0) is 0 Å². The lowest BCUT2D eigenvalue weighted by Crippen LogP contribution is -2.04. The molecule has 1 rings (SSSR count). The van der Waals surface area contributed by atoms with Crippen molar-refractivity contribution in [2.45, 2.75) is 25.4 Å². The number of aliphatic hydroxyl groups excluding tert-OH is 1. The summed E-state index contributed by atoms with van der Waals surface area (Å²) < 4.78 is 0. The van der Waals surface area contributed by atoms with E-state index in [9.17, 15) is 15.2 Å². The van der Waals surface area contributed by atoms with Gasteiger partial charge in [-0.1, -0.05) is 12.1 Å². The summed E-state index contributed by atoms with van der Waals surface area (Å²) in [5, 5.41) is 20.6. The Kier molecular flexibility index (Phi) is 4.88. The second-order valence-electron chi connectivity index (χ2n) is 3.62. The van der Waals surface area contributed by atoms with E-state index in [1.165, 1.54) is 6.07 Å². The van der Waals surface area contributed by atoms with Gasteiger partial charge in [0, 0.05) is 6.07 Å². The molecule has 0 bridgehead atoms. The Morgan fingerprint density at radius 3 is 2.69 bits per heavy atom. The van der Waals surface area contributed by atoms with Gasteiger partial charge in [-0.15, -0.1) is 0 Å². The number of nitrogens with zero attached hydrogens (tertiary/aromatic N) is 1. The summed E-state index contributed by atoms with van der Waals surface area (Å²) in [6.07, 6.45) is 1.30. The average molecular weight is 224 g/mol. The van der Waals surface area contributed by atoms with Gasteiger partial charge in [0.25, 0.3) is 5.69 Å². The van der Waals surface area contributed by atoms with Crippen molar-refractivity contribution in [3.63, 3.8) is 0 Å². The van der Waals surface area contributed by atoms with Crippen LogP contribution < -0.4 is 5.73 Å². The number of nitro groups is 1. The molecular formula is C11H16N2O3. The van der Waals surface area contributed by atoms with E-state index in [4.69, 9.17) is 5.73 Å². The van der Waals surface area contributed by atoms with Gasteiger partial charge in [-0.3, -0.25) is 10.1 Å². The maximum Gasteiger partial charge on any atom is 0.275 e. The molecule has 0 radical (unpaired) electrons. The summed E-state index contributed by atoms with van der Waals surface area (Å²) in [6, 6.07) is 6.27. The summed E-state index contributed by atoms with van der Waals surface area (Å²) in [5.74, 6) is 0. The summed E-state index contributed by atoms with van der Waals surface area (Å²) in [6.45, 7) is 0.573. The normalized spacial score (nSPS) is 12.4. The molecule has 0 heterocycles. The number of benzene rings is 1. The van der Waals surface area contributed by atoms with Gasteiger partial charge in [0.2, 0.25) is 0 Å². The highest BCUT2D eigenvalue weighted by Gasteiger charge is 2.18. The van der Waals surface area contributed by atoms with Gasteiger partial charge < -0.3 is 10.8 Å². The number of nitro benzene ring substituents is 1. The Bertz CT molecular complexity index is 355. The number of para-hydroxylation sites is 1. The molecule has 0 spiro atoms. The zero-order chi connectivity index (χ0) is 12.0. The lowest BCUT2D eigenvalue weighted by molar-refractivity contribution is -0.386. The van der Waals surface area contributed by atoms with Crippen LogP contribution in [0.5, 0.6) is 0 Å². The van der Waals surface area contributed by atoms with Crippen LogP contribution in [0, 0.1) is 10.1 Å². The predicted molar refractivity (Wildman–Crippen MR) is 61.0 cm³/mol. The third kappa shape index (κ3) is 3.29. The summed E-state index contributed by atoms with van der Waals surface area (Å²) in [4.78, 5) is 10.3. The quantitative estimate of drug-likeness (QED) is 0.437. The van der Waals surface area contributed by atoms with Crippen molar-refractivity contribution >= 4 is 5.69 Å². The molecule has 88 valence electrons. The van der Waals surface area contributed by atoms with Crippen LogP contribution in [-0.4, -0.2) is 16.6 Å². The number of aliphatic hydroxyl groups is 1. The van der Waals surface area contributed by atoms with Gasteiger partial charge in [0.1, 0.15) is 0 Å². The van der Waals surface area contributed by atoms with Gasteiger partial charge in [-0.25, -0.2) is 0 Å². The standard InChI is InChI=1S/C11H16N2O3/c12-8-4-3-7-11(14)9-5-1-2-6-10(9)13(15)16/h1-2,5-6,11,14H,3-4,7-8,12H2/t11-/m1/s1. The number of rotatable bonds is 6. The maximum absolute atomic E-state index is 10.7. The SMILES string of the molecule is NCCCC[C@@H](O)c1ccccc1[N+](=O)[O-]. The predicted octanol–water partition coefficient (Wildman–Crippen LogP) is 1.76. The molecule has 0 aromatic heterocycles. The lowest BCUT2D eigenvalue weighted by Gasteiger charge is -2.10. The third-order valence-corrected chi connectivity index (χ3v) is 2.42. The highest BCUT2D eigenvalue weighted by molar-refractivity contribution is 5.41. The van der Waals surface area contributed by atoms with Crippen molar-refractivity contribution < 1.29 is 10.0 Å². The second kappa shape index (κ2) is 6.19.